The summed E-state index contributed by atoms with van der Waals surface area (Å²) in [7, 11) is 0. The first-order valence-electron chi connectivity index (χ1n) is 7.76. The average Bonchev–Trinajstić information content (AvgIpc) is 2.61. The van der Waals surface area contributed by atoms with Gasteiger partial charge < -0.3 is 4.74 Å². The summed E-state index contributed by atoms with van der Waals surface area (Å²) < 4.78 is 5.95. The van der Waals surface area contributed by atoms with Crippen LogP contribution < -0.4 is 10.2 Å². The summed E-state index contributed by atoms with van der Waals surface area (Å²) in [5.41, 5.74) is 6.16. The van der Waals surface area contributed by atoms with Crippen molar-refractivity contribution in [3.05, 3.63) is 83.6 Å². The number of hydrazone groups is 1. The van der Waals surface area contributed by atoms with Crippen LogP contribution in [-0.4, -0.2) is 11.2 Å². The molecule has 0 aliphatic rings. The van der Waals surface area contributed by atoms with Gasteiger partial charge in [-0.25, -0.2) is 4.98 Å². The Bertz CT molecular complexity index is 827. The van der Waals surface area contributed by atoms with Gasteiger partial charge in [-0.3, -0.25) is 5.43 Å². The smallest absolute Gasteiger partial charge is 0.146 e. The number of nitrogens with one attached hydrogen (secondary N) is 1. The van der Waals surface area contributed by atoms with Crippen LogP contribution in [0.5, 0.6) is 11.5 Å². The molecule has 0 saturated heterocycles. The zero-order chi connectivity index (χ0) is 16.8. The maximum Gasteiger partial charge on any atom is 0.146 e. The molecule has 3 aromatic rings. The molecular weight excluding hydrogens is 298 g/mol. The zero-order valence-electron chi connectivity index (χ0n) is 13.7. The number of benzene rings is 2. The molecule has 0 radical (unpaired) electrons. The highest BCUT2D eigenvalue weighted by Crippen LogP contribution is 2.26. The number of aromatic nitrogens is 1. The number of nitrogens with zero attached hydrogens (tertiary/aromatic N) is 2. The van der Waals surface area contributed by atoms with Crippen molar-refractivity contribution in [3.8, 4) is 11.5 Å². The number of aryl methyl sites for hydroxylation is 2. The van der Waals surface area contributed by atoms with Crippen LogP contribution in [0.3, 0.4) is 0 Å². The monoisotopic (exact) mass is 317 g/mol. The third-order valence-electron chi connectivity index (χ3n) is 3.51. The van der Waals surface area contributed by atoms with Gasteiger partial charge in [-0.1, -0.05) is 18.2 Å². The largest absolute Gasteiger partial charge is 0.457 e. The van der Waals surface area contributed by atoms with Crippen molar-refractivity contribution in [1.29, 1.82) is 0 Å². The van der Waals surface area contributed by atoms with Crippen LogP contribution >= 0.6 is 0 Å². The summed E-state index contributed by atoms with van der Waals surface area (Å²) in [6, 6.07) is 19.6. The van der Waals surface area contributed by atoms with E-state index in [9.17, 15) is 0 Å². The Labute approximate surface area is 141 Å². The van der Waals surface area contributed by atoms with Gasteiger partial charge >= 0.3 is 0 Å². The highest BCUT2D eigenvalue weighted by atomic mass is 16.5. The second-order valence-corrected chi connectivity index (χ2v) is 5.53. The molecule has 0 bridgehead atoms. The Hall–Kier alpha value is -3.14. The fourth-order valence-corrected chi connectivity index (χ4v) is 2.17. The highest BCUT2D eigenvalue weighted by Gasteiger charge is 2.02. The predicted molar refractivity (Wildman–Crippen MR) is 97.9 cm³/mol. The topological polar surface area (TPSA) is 46.5 Å². The Morgan fingerprint density at radius 2 is 1.83 bits per heavy atom. The molecule has 0 unspecified atom stereocenters. The van der Waals surface area contributed by atoms with Gasteiger partial charge in [0, 0.05) is 6.20 Å². The molecule has 120 valence electrons. The first kappa shape index (κ1) is 15.7. The summed E-state index contributed by atoms with van der Waals surface area (Å²) in [6.45, 7) is 4.10. The quantitative estimate of drug-likeness (QED) is 0.536. The van der Waals surface area contributed by atoms with E-state index in [1.807, 2.05) is 55.5 Å². The van der Waals surface area contributed by atoms with Crippen LogP contribution in [0.4, 0.5) is 5.82 Å². The molecule has 0 fully saturated rings. The molecule has 0 amide bonds. The molecule has 0 aliphatic carbocycles. The third kappa shape index (κ3) is 4.20. The van der Waals surface area contributed by atoms with E-state index in [1.165, 1.54) is 5.56 Å². The van der Waals surface area contributed by atoms with E-state index in [1.54, 1.807) is 12.4 Å². The molecule has 0 aliphatic heterocycles. The van der Waals surface area contributed by atoms with E-state index in [2.05, 4.69) is 34.6 Å². The molecule has 4 heteroatoms. The highest BCUT2D eigenvalue weighted by molar-refractivity contribution is 5.80. The van der Waals surface area contributed by atoms with Crippen LogP contribution in [0.2, 0.25) is 0 Å². The van der Waals surface area contributed by atoms with Crippen LogP contribution in [-0.2, 0) is 0 Å². The molecule has 4 nitrogen and oxygen atoms in total. The molecule has 0 atom stereocenters. The van der Waals surface area contributed by atoms with Crippen LogP contribution in [0, 0.1) is 13.8 Å². The van der Waals surface area contributed by atoms with Gasteiger partial charge in [-0.2, -0.15) is 5.10 Å². The van der Waals surface area contributed by atoms with E-state index in [4.69, 9.17) is 4.74 Å². The van der Waals surface area contributed by atoms with Crippen molar-refractivity contribution in [2.75, 3.05) is 5.43 Å². The Balaban J connectivity index is 1.64. The van der Waals surface area contributed by atoms with E-state index in [0.717, 1.165) is 22.6 Å². The fourth-order valence-electron chi connectivity index (χ4n) is 2.17. The standard InChI is InChI=1S/C20H19N3O/c1-15-6-7-16(2)19(13-15)24-18-10-8-17(9-11-18)14-22-23-20-5-3-4-12-21-20/h3-14H,1-2H3,(H,21,23). The van der Waals surface area contributed by atoms with Crippen molar-refractivity contribution in [2.24, 2.45) is 5.10 Å². The van der Waals surface area contributed by atoms with Crippen LogP contribution in [0.25, 0.3) is 0 Å². The van der Waals surface area contributed by atoms with E-state index in [0.29, 0.717) is 5.82 Å². The summed E-state index contributed by atoms with van der Waals surface area (Å²) in [5.74, 6) is 2.40. The van der Waals surface area contributed by atoms with Crippen molar-refractivity contribution >= 4 is 12.0 Å². The molecule has 1 heterocycles. The normalized spacial score (nSPS) is 10.8. The van der Waals surface area contributed by atoms with Crippen molar-refractivity contribution in [2.45, 2.75) is 13.8 Å². The van der Waals surface area contributed by atoms with Gasteiger partial charge in [0.2, 0.25) is 0 Å². The molecule has 2 aromatic carbocycles. The van der Waals surface area contributed by atoms with E-state index in [-0.39, 0.29) is 0 Å². The number of rotatable bonds is 5. The molecule has 1 N–H and O–H groups in total. The van der Waals surface area contributed by atoms with Crippen molar-refractivity contribution < 1.29 is 4.74 Å². The fraction of sp³-hybridized carbons (Fsp3) is 0.100. The molecule has 24 heavy (non-hydrogen) atoms. The van der Waals surface area contributed by atoms with Gasteiger partial charge in [0.25, 0.3) is 0 Å². The SMILES string of the molecule is Cc1ccc(C)c(Oc2ccc(C=NNc3ccccn3)cc2)c1. The van der Waals surface area contributed by atoms with Gasteiger partial charge in [-0.05, 0) is 73.0 Å². The second-order valence-electron chi connectivity index (χ2n) is 5.53. The molecule has 0 spiro atoms. The lowest BCUT2D eigenvalue weighted by Crippen LogP contribution is -1.93. The Kier molecular flexibility index (Phi) is 4.87. The van der Waals surface area contributed by atoms with Crippen LogP contribution in [0.15, 0.2) is 72.0 Å². The summed E-state index contributed by atoms with van der Waals surface area (Å²) in [5, 5.41) is 4.17. The van der Waals surface area contributed by atoms with Crippen molar-refractivity contribution in [1.82, 2.24) is 4.98 Å². The summed E-state index contributed by atoms with van der Waals surface area (Å²) in [4.78, 5) is 4.14. The van der Waals surface area contributed by atoms with Crippen LogP contribution in [0.1, 0.15) is 16.7 Å². The summed E-state index contributed by atoms with van der Waals surface area (Å²) >= 11 is 0. The predicted octanol–water partition coefficient (Wildman–Crippen LogP) is 4.94. The molecule has 0 saturated carbocycles. The Morgan fingerprint density at radius 1 is 1.00 bits per heavy atom. The lowest BCUT2D eigenvalue weighted by molar-refractivity contribution is 0.478. The maximum atomic E-state index is 5.95. The molecule has 3 rings (SSSR count). The minimum atomic E-state index is 0.712. The van der Waals surface area contributed by atoms with Crippen molar-refractivity contribution in [3.63, 3.8) is 0 Å². The average molecular weight is 317 g/mol. The number of pyridine rings is 1. The first-order chi connectivity index (χ1) is 11.7. The Morgan fingerprint density at radius 3 is 2.58 bits per heavy atom. The lowest BCUT2D eigenvalue weighted by Gasteiger charge is -2.09. The zero-order valence-corrected chi connectivity index (χ0v) is 13.7. The number of anilines is 1. The van der Waals surface area contributed by atoms with E-state index >= 15 is 0 Å². The van der Waals surface area contributed by atoms with Gasteiger partial charge in [0.1, 0.15) is 17.3 Å². The number of hydrogen-bond donors (Lipinski definition) is 1. The number of ether oxygens (including phenoxy) is 1. The second kappa shape index (κ2) is 7.42. The van der Waals surface area contributed by atoms with Gasteiger partial charge in [-0.15, -0.1) is 0 Å². The lowest BCUT2D eigenvalue weighted by atomic mass is 10.1. The molecule has 1 aromatic heterocycles. The summed E-state index contributed by atoms with van der Waals surface area (Å²) in [6.07, 6.45) is 3.47. The first-order valence-corrected chi connectivity index (χ1v) is 7.76. The minimum absolute atomic E-state index is 0.712. The maximum absolute atomic E-state index is 5.95. The van der Waals surface area contributed by atoms with E-state index < -0.39 is 0 Å². The number of hydrogen-bond acceptors (Lipinski definition) is 4. The molecular formula is C20H19N3O. The minimum Gasteiger partial charge on any atom is -0.457 e. The third-order valence-corrected chi connectivity index (χ3v) is 3.51. The van der Waals surface area contributed by atoms with Gasteiger partial charge in [0.05, 0.1) is 6.21 Å². The van der Waals surface area contributed by atoms with Gasteiger partial charge in [0.15, 0.2) is 0 Å².